The maximum Gasteiger partial charge on any atom is 0.393 e. The van der Waals surface area contributed by atoms with Gasteiger partial charge in [0.15, 0.2) is 0 Å². The molecule has 0 saturated heterocycles. The second-order valence-electron chi connectivity index (χ2n) is 2.71. The molecule has 0 amide bonds. The van der Waals surface area contributed by atoms with Crippen molar-refractivity contribution in [3.8, 4) is 6.07 Å². The van der Waals surface area contributed by atoms with Crippen LogP contribution in [0, 0.1) is 17.1 Å². The van der Waals surface area contributed by atoms with E-state index in [1.807, 2.05) is 0 Å². The van der Waals surface area contributed by atoms with Crippen LogP contribution in [0.5, 0.6) is 0 Å². The van der Waals surface area contributed by atoms with Crippen molar-refractivity contribution in [2.75, 3.05) is 0 Å². The Balaban J connectivity index is 3.03. The number of benzene rings is 1. The highest BCUT2D eigenvalue weighted by Gasteiger charge is 2.29. The number of hydrogen-bond donors (Lipinski definition) is 0. The van der Waals surface area contributed by atoms with Crippen LogP contribution in [-0.4, -0.2) is 6.18 Å². The van der Waals surface area contributed by atoms with Crippen molar-refractivity contribution in [2.24, 2.45) is 0 Å². The van der Waals surface area contributed by atoms with Crippen molar-refractivity contribution >= 4 is 0 Å². The van der Waals surface area contributed by atoms with Gasteiger partial charge < -0.3 is 0 Å². The van der Waals surface area contributed by atoms with E-state index in [-0.39, 0.29) is 5.56 Å². The van der Waals surface area contributed by atoms with E-state index >= 15 is 0 Å². The highest BCUT2D eigenvalue weighted by atomic mass is 19.4. The zero-order valence-corrected chi connectivity index (χ0v) is 6.90. The van der Waals surface area contributed by atoms with Crippen LogP contribution in [0.3, 0.4) is 0 Å². The maximum atomic E-state index is 12.8. The van der Waals surface area contributed by atoms with Crippen LogP contribution in [0.2, 0.25) is 0 Å². The van der Waals surface area contributed by atoms with Gasteiger partial charge in [-0.2, -0.15) is 18.4 Å². The van der Waals surface area contributed by atoms with Crippen LogP contribution < -0.4 is 0 Å². The summed E-state index contributed by atoms with van der Waals surface area (Å²) in [6, 6.07) is 4.55. The first kappa shape index (κ1) is 10.5. The molecule has 0 bridgehead atoms. The monoisotopic (exact) mass is 203 g/mol. The SMILES string of the molecule is N#Cc1ccc(F)c(CC(F)(F)F)c1. The van der Waals surface area contributed by atoms with Crippen molar-refractivity contribution in [3.05, 3.63) is 35.1 Å². The smallest absolute Gasteiger partial charge is 0.207 e. The Morgan fingerprint density at radius 1 is 1.29 bits per heavy atom. The molecule has 0 radical (unpaired) electrons. The summed E-state index contributed by atoms with van der Waals surface area (Å²) in [6.07, 6.45) is -5.82. The van der Waals surface area contributed by atoms with Crippen LogP contribution in [-0.2, 0) is 6.42 Å². The summed E-state index contributed by atoms with van der Waals surface area (Å²) >= 11 is 0. The molecule has 14 heavy (non-hydrogen) atoms. The van der Waals surface area contributed by atoms with Gasteiger partial charge in [-0.3, -0.25) is 0 Å². The van der Waals surface area contributed by atoms with Crippen molar-refractivity contribution in [3.63, 3.8) is 0 Å². The Hall–Kier alpha value is -1.57. The molecular formula is C9H5F4N. The van der Waals surface area contributed by atoms with Gasteiger partial charge in [0.2, 0.25) is 0 Å². The van der Waals surface area contributed by atoms with E-state index in [1.54, 1.807) is 6.07 Å². The predicted molar refractivity (Wildman–Crippen MR) is 40.9 cm³/mol. The second kappa shape index (κ2) is 3.66. The summed E-state index contributed by atoms with van der Waals surface area (Å²) in [6.45, 7) is 0. The minimum absolute atomic E-state index is 0.0191. The fourth-order valence-corrected chi connectivity index (χ4v) is 0.996. The molecule has 0 aromatic heterocycles. The molecule has 0 fully saturated rings. The van der Waals surface area contributed by atoms with Gasteiger partial charge in [-0.15, -0.1) is 0 Å². The summed E-state index contributed by atoms with van der Waals surface area (Å²) in [5.41, 5.74) is -0.484. The van der Waals surface area contributed by atoms with Crippen LogP contribution in [0.25, 0.3) is 0 Å². The molecule has 0 aliphatic heterocycles. The molecule has 5 heteroatoms. The van der Waals surface area contributed by atoms with Crippen molar-refractivity contribution in [2.45, 2.75) is 12.6 Å². The summed E-state index contributed by atoms with van der Waals surface area (Å²) in [5, 5.41) is 8.40. The molecule has 0 saturated carbocycles. The zero-order chi connectivity index (χ0) is 10.8. The lowest BCUT2D eigenvalue weighted by atomic mass is 10.1. The van der Waals surface area contributed by atoms with Crippen LogP contribution in [0.4, 0.5) is 17.6 Å². The lowest BCUT2D eigenvalue weighted by Crippen LogP contribution is -2.12. The lowest BCUT2D eigenvalue weighted by molar-refractivity contribution is -0.127. The Bertz CT molecular complexity index is 375. The summed E-state index contributed by atoms with van der Waals surface area (Å²) in [5.74, 6) is -0.943. The molecule has 0 atom stereocenters. The number of alkyl halides is 3. The molecule has 1 aromatic carbocycles. The van der Waals surface area contributed by atoms with Crippen LogP contribution in [0.1, 0.15) is 11.1 Å². The average Bonchev–Trinajstić information content (AvgIpc) is 2.06. The van der Waals surface area contributed by atoms with E-state index < -0.39 is 24.0 Å². The van der Waals surface area contributed by atoms with E-state index in [0.29, 0.717) is 0 Å². The number of rotatable bonds is 1. The normalized spacial score (nSPS) is 11.1. The van der Waals surface area contributed by atoms with Gasteiger partial charge in [0.05, 0.1) is 18.1 Å². The lowest BCUT2D eigenvalue weighted by Gasteiger charge is -2.07. The Labute approximate surface area is 77.6 Å². The molecule has 0 N–H and O–H groups in total. The van der Waals surface area contributed by atoms with Gasteiger partial charge in [0, 0.05) is 0 Å². The average molecular weight is 203 g/mol. The summed E-state index contributed by atoms with van der Waals surface area (Å²) in [4.78, 5) is 0. The first-order valence-electron chi connectivity index (χ1n) is 3.67. The van der Waals surface area contributed by atoms with Crippen molar-refractivity contribution in [1.29, 1.82) is 5.26 Å². The van der Waals surface area contributed by atoms with Gasteiger partial charge >= 0.3 is 6.18 Å². The number of nitriles is 1. The van der Waals surface area contributed by atoms with Crippen molar-refractivity contribution < 1.29 is 17.6 Å². The Morgan fingerprint density at radius 2 is 1.93 bits per heavy atom. The molecule has 0 unspecified atom stereocenters. The highest BCUT2D eigenvalue weighted by molar-refractivity contribution is 5.34. The van der Waals surface area contributed by atoms with E-state index in [1.165, 1.54) is 0 Å². The summed E-state index contributed by atoms with van der Waals surface area (Å²) < 4.78 is 48.5. The molecular weight excluding hydrogens is 198 g/mol. The molecule has 1 aromatic rings. The Kier molecular flexibility index (Phi) is 2.75. The third-order valence-electron chi connectivity index (χ3n) is 1.57. The third-order valence-corrected chi connectivity index (χ3v) is 1.57. The minimum atomic E-state index is -4.46. The zero-order valence-electron chi connectivity index (χ0n) is 6.90. The Morgan fingerprint density at radius 3 is 2.43 bits per heavy atom. The van der Waals surface area contributed by atoms with E-state index in [4.69, 9.17) is 5.26 Å². The topological polar surface area (TPSA) is 23.8 Å². The number of hydrogen-bond acceptors (Lipinski definition) is 1. The number of nitrogens with zero attached hydrogens (tertiary/aromatic N) is 1. The molecule has 1 rings (SSSR count). The molecule has 74 valence electrons. The predicted octanol–water partition coefficient (Wildman–Crippen LogP) is 2.80. The summed E-state index contributed by atoms with van der Waals surface area (Å²) in [7, 11) is 0. The first-order chi connectivity index (χ1) is 6.42. The van der Waals surface area contributed by atoms with Gasteiger partial charge in [-0.1, -0.05) is 0 Å². The number of halogens is 4. The molecule has 1 nitrogen and oxygen atoms in total. The van der Waals surface area contributed by atoms with Crippen LogP contribution in [0.15, 0.2) is 18.2 Å². The quantitative estimate of drug-likeness (QED) is 0.644. The van der Waals surface area contributed by atoms with E-state index in [0.717, 1.165) is 18.2 Å². The molecule has 0 aliphatic rings. The highest BCUT2D eigenvalue weighted by Crippen LogP contribution is 2.23. The first-order valence-corrected chi connectivity index (χ1v) is 3.67. The van der Waals surface area contributed by atoms with E-state index in [9.17, 15) is 17.6 Å². The maximum absolute atomic E-state index is 12.8. The molecule has 0 aliphatic carbocycles. The second-order valence-corrected chi connectivity index (χ2v) is 2.71. The molecule has 0 heterocycles. The standard InChI is InChI=1S/C9H5F4N/c10-8-2-1-6(5-14)3-7(8)4-9(11,12)13/h1-3H,4H2. The van der Waals surface area contributed by atoms with Crippen LogP contribution >= 0.6 is 0 Å². The van der Waals surface area contributed by atoms with Crippen molar-refractivity contribution in [1.82, 2.24) is 0 Å². The van der Waals surface area contributed by atoms with Gasteiger partial charge in [-0.25, -0.2) is 4.39 Å². The third kappa shape index (κ3) is 2.73. The molecule has 0 spiro atoms. The van der Waals surface area contributed by atoms with Gasteiger partial charge in [0.1, 0.15) is 5.82 Å². The fraction of sp³-hybridized carbons (Fsp3) is 0.222. The largest absolute Gasteiger partial charge is 0.393 e. The van der Waals surface area contributed by atoms with Gasteiger partial charge in [0.25, 0.3) is 0 Å². The fourth-order valence-electron chi connectivity index (χ4n) is 0.996. The van der Waals surface area contributed by atoms with Gasteiger partial charge in [-0.05, 0) is 23.8 Å². The van der Waals surface area contributed by atoms with E-state index in [2.05, 4.69) is 0 Å². The minimum Gasteiger partial charge on any atom is -0.207 e.